The highest BCUT2D eigenvalue weighted by Gasteiger charge is 2.17. The number of piperazine rings is 1. The van der Waals surface area contributed by atoms with Gasteiger partial charge in [0.2, 0.25) is 5.91 Å². The zero-order chi connectivity index (χ0) is 20.9. The molecule has 1 amide bonds. The standard InChI is InChI=1S/C24H29N5O/c1-3-27-11-13-28(14-12-27)23-10-9-21(15-19(23)2)26-24(30)16-20-17-25-29(18-20)22-7-5-4-6-8-22/h4-10,15,17-18H,3,11-14,16H2,1-2H3,(H,26,30). The summed E-state index contributed by atoms with van der Waals surface area (Å²) in [6.45, 7) is 9.74. The highest BCUT2D eigenvalue weighted by molar-refractivity contribution is 5.92. The van der Waals surface area contributed by atoms with E-state index in [1.54, 1.807) is 10.9 Å². The molecule has 0 bridgehead atoms. The Hall–Kier alpha value is -3.12. The molecule has 1 saturated heterocycles. The van der Waals surface area contributed by atoms with Gasteiger partial charge in [0.1, 0.15) is 0 Å². The third-order valence-corrected chi connectivity index (χ3v) is 5.66. The van der Waals surface area contributed by atoms with Gasteiger partial charge in [-0.25, -0.2) is 4.68 Å². The second-order valence-corrected chi connectivity index (χ2v) is 7.78. The number of carbonyl (C=O) groups is 1. The number of aryl methyl sites for hydroxylation is 1. The predicted molar refractivity (Wildman–Crippen MR) is 121 cm³/mol. The van der Waals surface area contributed by atoms with Crippen molar-refractivity contribution < 1.29 is 4.79 Å². The number of hydrogen-bond donors (Lipinski definition) is 1. The zero-order valence-corrected chi connectivity index (χ0v) is 17.7. The maximum atomic E-state index is 12.5. The van der Waals surface area contributed by atoms with Gasteiger partial charge >= 0.3 is 0 Å². The summed E-state index contributed by atoms with van der Waals surface area (Å²) in [5.41, 5.74) is 5.15. The van der Waals surface area contributed by atoms with Crippen LogP contribution in [0.3, 0.4) is 0 Å². The normalized spacial score (nSPS) is 14.7. The Morgan fingerprint density at radius 3 is 2.53 bits per heavy atom. The summed E-state index contributed by atoms with van der Waals surface area (Å²) < 4.78 is 1.79. The number of nitrogens with one attached hydrogen (secondary N) is 1. The topological polar surface area (TPSA) is 53.4 Å². The van der Waals surface area contributed by atoms with E-state index in [9.17, 15) is 4.79 Å². The summed E-state index contributed by atoms with van der Waals surface area (Å²) in [6.07, 6.45) is 3.95. The van der Waals surface area contributed by atoms with Gasteiger partial charge in [-0.15, -0.1) is 0 Å². The van der Waals surface area contributed by atoms with Crippen LogP contribution in [-0.4, -0.2) is 53.3 Å². The van der Waals surface area contributed by atoms with Crippen molar-refractivity contribution in [3.8, 4) is 5.69 Å². The third kappa shape index (κ3) is 4.71. The van der Waals surface area contributed by atoms with Crippen molar-refractivity contribution in [3.63, 3.8) is 0 Å². The molecule has 0 unspecified atom stereocenters. The minimum Gasteiger partial charge on any atom is -0.369 e. The Morgan fingerprint density at radius 2 is 1.83 bits per heavy atom. The van der Waals surface area contributed by atoms with Crippen LogP contribution >= 0.6 is 0 Å². The Labute approximate surface area is 178 Å². The molecule has 1 aromatic heterocycles. The van der Waals surface area contributed by atoms with E-state index in [1.807, 2.05) is 42.6 Å². The van der Waals surface area contributed by atoms with Crippen molar-refractivity contribution in [1.29, 1.82) is 0 Å². The fourth-order valence-corrected chi connectivity index (χ4v) is 3.96. The summed E-state index contributed by atoms with van der Waals surface area (Å²) >= 11 is 0. The number of amides is 1. The number of benzene rings is 2. The van der Waals surface area contributed by atoms with E-state index in [1.165, 1.54) is 11.3 Å². The fraction of sp³-hybridized carbons (Fsp3) is 0.333. The van der Waals surface area contributed by atoms with Crippen LogP contribution in [0.4, 0.5) is 11.4 Å². The summed E-state index contributed by atoms with van der Waals surface area (Å²) in [5.74, 6) is -0.0358. The van der Waals surface area contributed by atoms with Crippen LogP contribution in [0, 0.1) is 6.92 Å². The average Bonchev–Trinajstić information content (AvgIpc) is 3.23. The van der Waals surface area contributed by atoms with Crippen molar-refractivity contribution in [3.05, 3.63) is 72.1 Å². The van der Waals surface area contributed by atoms with E-state index in [4.69, 9.17) is 0 Å². The van der Waals surface area contributed by atoms with Crippen LogP contribution < -0.4 is 10.2 Å². The monoisotopic (exact) mass is 403 g/mol. The number of nitrogens with zero attached hydrogens (tertiary/aromatic N) is 4. The molecule has 4 rings (SSSR count). The largest absolute Gasteiger partial charge is 0.369 e. The van der Waals surface area contributed by atoms with Crippen molar-refractivity contribution >= 4 is 17.3 Å². The molecule has 2 heterocycles. The number of aromatic nitrogens is 2. The molecule has 0 radical (unpaired) electrons. The molecular weight excluding hydrogens is 374 g/mol. The minimum absolute atomic E-state index is 0.0358. The highest BCUT2D eigenvalue weighted by atomic mass is 16.1. The lowest BCUT2D eigenvalue weighted by Gasteiger charge is -2.36. The van der Waals surface area contributed by atoms with Gasteiger partial charge < -0.3 is 15.1 Å². The van der Waals surface area contributed by atoms with Crippen LogP contribution in [0.5, 0.6) is 0 Å². The summed E-state index contributed by atoms with van der Waals surface area (Å²) in [5, 5.41) is 7.39. The van der Waals surface area contributed by atoms with Gasteiger partial charge in [-0.3, -0.25) is 4.79 Å². The van der Waals surface area contributed by atoms with Crippen LogP contribution in [0.15, 0.2) is 60.9 Å². The minimum atomic E-state index is -0.0358. The molecule has 0 spiro atoms. The quantitative estimate of drug-likeness (QED) is 0.684. The first-order chi connectivity index (χ1) is 14.6. The molecular formula is C24H29N5O. The summed E-state index contributed by atoms with van der Waals surface area (Å²) in [4.78, 5) is 17.4. The first kappa shape index (κ1) is 20.2. The fourth-order valence-electron chi connectivity index (χ4n) is 3.96. The maximum absolute atomic E-state index is 12.5. The number of likely N-dealkylation sites (N-methyl/N-ethyl adjacent to an activating group) is 1. The SMILES string of the molecule is CCN1CCN(c2ccc(NC(=O)Cc3cnn(-c4ccccc4)c3)cc2C)CC1. The molecule has 0 atom stereocenters. The van der Waals surface area contributed by atoms with Gasteiger partial charge in [0.15, 0.2) is 0 Å². The molecule has 1 N–H and O–H groups in total. The molecule has 30 heavy (non-hydrogen) atoms. The van der Waals surface area contributed by atoms with Gasteiger partial charge in [0, 0.05) is 43.8 Å². The Kier molecular flexibility index (Phi) is 6.14. The zero-order valence-electron chi connectivity index (χ0n) is 17.7. The van der Waals surface area contributed by atoms with E-state index in [0.717, 1.165) is 49.7 Å². The molecule has 0 aliphatic carbocycles. The maximum Gasteiger partial charge on any atom is 0.228 e. The molecule has 1 aliphatic heterocycles. The van der Waals surface area contributed by atoms with Crippen LogP contribution in [-0.2, 0) is 11.2 Å². The number of anilines is 2. The number of para-hydroxylation sites is 1. The summed E-state index contributed by atoms with van der Waals surface area (Å²) in [6, 6.07) is 16.1. The molecule has 0 saturated carbocycles. The first-order valence-corrected chi connectivity index (χ1v) is 10.6. The highest BCUT2D eigenvalue weighted by Crippen LogP contribution is 2.25. The molecule has 2 aromatic carbocycles. The predicted octanol–water partition coefficient (Wildman–Crippen LogP) is 3.50. The van der Waals surface area contributed by atoms with Gasteiger partial charge in [-0.2, -0.15) is 5.10 Å². The lowest BCUT2D eigenvalue weighted by molar-refractivity contribution is -0.115. The van der Waals surface area contributed by atoms with Crippen LogP contribution in [0.25, 0.3) is 5.69 Å². The first-order valence-electron chi connectivity index (χ1n) is 10.6. The Bertz CT molecular complexity index is 990. The van der Waals surface area contributed by atoms with Crippen molar-refractivity contribution in [2.75, 3.05) is 42.9 Å². The smallest absolute Gasteiger partial charge is 0.228 e. The van der Waals surface area contributed by atoms with E-state index >= 15 is 0 Å². The van der Waals surface area contributed by atoms with Crippen molar-refractivity contribution in [2.24, 2.45) is 0 Å². The Balaban J connectivity index is 1.36. The number of rotatable bonds is 6. The van der Waals surface area contributed by atoms with E-state index in [2.05, 4.69) is 46.2 Å². The molecule has 1 aliphatic rings. The van der Waals surface area contributed by atoms with Crippen LogP contribution in [0.1, 0.15) is 18.1 Å². The second-order valence-electron chi connectivity index (χ2n) is 7.78. The summed E-state index contributed by atoms with van der Waals surface area (Å²) in [7, 11) is 0. The third-order valence-electron chi connectivity index (χ3n) is 5.66. The average molecular weight is 404 g/mol. The lowest BCUT2D eigenvalue weighted by Crippen LogP contribution is -2.46. The molecule has 3 aromatic rings. The second kappa shape index (κ2) is 9.13. The van der Waals surface area contributed by atoms with E-state index in [0.29, 0.717) is 6.42 Å². The lowest BCUT2D eigenvalue weighted by atomic mass is 10.1. The number of carbonyl (C=O) groups excluding carboxylic acids is 1. The molecule has 156 valence electrons. The molecule has 6 heteroatoms. The number of hydrogen-bond acceptors (Lipinski definition) is 4. The molecule has 1 fully saturated rings. The van der Waals surface area contributed by atoms with E-state index in [-0.39, 0.29) is 5.91 Å². The van der Waals surface area contributed by atoms with Gasteiger partial charge in [0.25, 0.3) is 0 Å². The van der Waals surface area contributed by atoms with Gasteiger partial charge in [-0.05, 0) is 54.9 Å². The van der Waals surface area contributed by atoms with E-state index < -0.39 is 0 Å². The Morgan fingerprint density at radius 1 is 1.07 bits per heavy atom. The van der Waals surface area contributed by atoms with Gasteiger partial charge in [0.05, 0.1) is 18.3 Å². The molecule has 6 nitrogen and oxygen atoms in total. The van der Waals surface area contributed by atoms with Crippen molar-refractivity contribution in [1.82, 2.24) is 14.7 Å². The van der Waals surface area contributed by atoms with Crippen LogP contribution in [0.2, 0.25) is 0 Å². The van der Waals surface area contributed by atoms with Crippen molar-refractivity contribution in [2.45, 2.75) is 20.3 Å². The van der Waals surface area contributed by atoms with Gasteiger partial charge in [-0.1, -0.05) is 25.1 Å².